The van der Waals surface area contributed by atoms with E-state index in [1.165, 1.54) is 0 Å². The van der Waals surface area contributed by atoms with Crippen LogP contribution in [0.3, 0.4) is 0 Å². The van der Waals surface area contributed by atoms with E-state index in [2.05, 4.69) is 0 Å². The van der Waals surface area contributed by atoms with Gasteiger partial charge in [0.2, 0.25) is 0 Å². The first-order valence-electron chi connectivity index (χ1n) is 3.85. The predicted octanol–water partition coefficient (Wildman–Crippen LogP) is 2.18. The maximum absolute atomic E-state index is 13.4. The summed E-state index contributed by atoms with van der Waals surface area (Å²) in [7, 11) is 0. The minimum atomic E-state index is -3.34. The van der Waals surface area contributed by atoms with E-state index in [-0.39, 0.29) is 0 Å². The minimum absolute atomic E-state index is 0.322. The smallest absolute Gasteiger partial charge is 0.349 e. The molecule has 0 aliphatic carbocycles. The molecule has 1 N–H and O–H groups in total. The Labute approximate surface area is 82.1 Å². The number of carbonyl (C=O) groups is 1. The number of rotatable bonds is 3. The van der Waals surface area contributed by atoms with Crippen LogP contribution in [0.25, 0.3) is 0 Å². The topological polar surface area (TPSA) is 37.3 Å². The first kappa shape index (κ1) is 11.5. The third-order valence-electron chi connectivity index (χ3n) is 1.90. The van der Waals surface area contributed by atoms with E-state index in [1.807, 2.05) is 0 Å². The summed E-state index contributed by atoms with van der Waals surface area (Å²) < 4.78 is 50.8. The van der Waals surface area contributed by atoms with Gasteiger partial charge in [0.25, 0.3) is 5.67 Å². The molecule has 6 heteroatoms. The summed E-state index contributed by atoms with van der Waals surface area (Å²) in [5.74, 6) is -4.77. The Kier molecular flexibility index (Phi) is 2.97. The van der Waals surface area contributed by atoms with Crippen molar-refractivity contribution >= 4 is 5.97 Å². The van der Waals surface area contributed by atoms with Crippen molar-refractivity contribution < 1.29 is 27.5 Å². The molecule has 1 unspecified atom stereocenters. The van der Waals surface area contributed by atoms with Gasteiger partial charge in [0.1, 0.15) is 6.67 Å². The first-order chi connectivity index (χ1) is 6.91. The zero-order valence-electron chi connectivity index (χ0n) is 7.31. The van der Waals surface area contributed by atoms with Gasteiger partial charge in [-0.1, -0.05) is 6.07 Å². The number of aliphatic carboxylic acids is 1. The molecule has 0 spiro atoms. The van der Waals surface area contributed by atoms with Gasteiger partial charge in [0.15, 0.2) is 11.6 Å². The second-order valence-electron chi connectivity index (χ2n) is 2.87. The highest BCUT2D eigenvalue weighted by molar-refractivity contribution is 5.79. The second kappa shape index (κ2) is 3.88. The first-order valence-corrected chi connectivity index (χ1v) is 3.85. The Hall–Kier alpha value is -1.59. The molecule has 1 aromatic rings. The molecule has 0 amide bonds. The molecule has 0 aromatic heterocycles. The highest BCUT2D eigenvalue weighted by Crippen LogP contribution is 2.28. The van der Waals surface area contributed by atoms with Crippen LogP contribution in [0, 0.1) is 11.6 Å². The fourth-order valence-corrected chi connectivity index (χ4v) is 1.00. The molecule has 0 heterocycles. The van der Waals surface area contributed by atoms with Crippen molar-refractivity contribution in [1.29, 1.82) is 0 Å². The van der Waals surface area contributed by atoms with Crippen LogP contribution >= 0.6 is 0 Å². The Bertz CT molecular complexity index is 394. The minimum Gasteiger partial charge on any atom is -0.479 e. The lowest BCUT2D eigenvalue weighted by molar-refractivity contribution is -0.152. The SMILES string of the molecule is O=C(O)C(F)(CF)c1ccc(F)c(F)c1. The maximum Gasteiger partial charge on any atom is 0.349 e. The number of hydrogen-bond acceptors (Lipinski definition) is 1. The van der Waals surface area contributed by atoms with Gasteiger partial charge in [-0.2, -0.15) is 0 Å². The third-order valence-corrected chi connectivity index (χ3v) is 1.90. The molecule has 82 valence electrons. The lowest BCUT2D eigenvalue weighted by Gasteiger charge is -2.17. The molecule has 0 radical (unpaired) electrons. The molecule has 15 heavy (non-hydrogen) atoms. The fourth-order valence-electron chi connectivity index (χ4n) is 1.00. The molecule has 0 bridgehead atoms. The lowest BCUT2D eigenvalue weighted by atomic mass is 9.97. The van der Waals surface area contributed by atoms with Crippen LogP contribution in [-0.2, 0) is 10.5 Å². The molecule has 2 nitrogen and oxygen atoms in total. The van der Waals surface area contributed by atoms with Crippen LogP contribution in [0.2, 0.25) is 0 Å². The number of carboxylic acids is 1. The zero-order valence-corrected chi connectivity index (χ0v) is 7.31. The zero-order chi connectivity index (χ0) is 11.6. The monoisotopic (exact) mass is 222 g/mol. The highest BCUT2D eigenvalue weighted by atomic mass is 19.2. The Balaban J connectivity index is 3.25. The van der Waals surface area contributed by atoms with Crippen molar-refractivity contribution in [2.75, 3.05) is 6.67 Å². The van der Waals surface area contributed by atoms with Gasteiger partial charge in [-0.15, -0.1) is 0 Å². The summed E-state index contributed by atoms with van der Waals surface area (Å²) in [6, 6.07) is 1.55. The summed E-state index contributed by atoms with van der Waals surface area (Å²) in [5.41, 5.74) is -4.11. The van der Waals surface area contributed by atoms with Crippen LogP contribution in [0.1, 0.15) is 5.56 Å². The summed E-state index contributed by atoms with van der Waals surface area (Å²) in [5, 5.41) is 8.41. The molecule has 1 atom stereocenters. The van der Waals surface area contributed by atoms with Crippen molar-refractivity contribution in [3.8, 4) is 0 Å². The number of hydrogen-bond donors (Lipinski definition) is 1. The molecule has 0 aliphatic rings. The Morgan fingerprint density at radius 1 is 1.33 bits per heavy atom. The van der Waals surface area contributed by atoms with Crippen LogP contribution < -0.4 is 0 Å². The van der Waals surface area contributed by atoms with Crippen LogP contribution in [-0.4, -0.2) is 17.8 Å². The summed E-state index contributed by atoms with van der Waals surface area (Å²) in [4.78, 5) is 10.4. The van der Waals surface area contributed by atoms with Crippen LogP contribution in [0.4, 0.5) is 17.6 Å². The van der Waals surface area contributed by atoms with Crippen LogP contribution in [0.15, 0.2) is 18.2 Å². The summed E-state index contributed by atoms with van der Waals surface area (Å²) >= 11 is 0. The molecule has 0 fully saturated rings. The van der Waals surface area contributed by atoms with Crippen molar-refractivity contribution in [2.24, 2.45) is 0 Å². The van der Waals surface area contributed by atoms with Gasteiger partial charge in [-0.3, -0.25) is 0 Å². The molecule has 0 aliphatic heterocycles. The number of benzene rings is 1. The van der Waals surface area contributed by atoms with Crippen LogP contribution in [0.5, 0.6) is 0 Å². The van der Waals surface area contributed by atoms with Crippen molar-refractivity contribution in [1.82, 2.24) is 0 Å². The molecule has 1 aromatic carbocycles. The van der Waals surface area contributed by atoms with Gasteiger partial charge in [0.05, 0.1) is 0 Å². The predicted molar refractivity (Wildman–Crippen MR) is 42.8 cm³/mol. The molecular weight excluding hydrogens is 216 g/mol. The number of carboxylic acid groups (broad SMARTS) is 1. The largest absolute Gasteiger partial charge is 0.479 e. The third kappa shape index (κ3) is 1.93. The molecule has 0 saturated carbocycles. The lowest BCUT2D eigenvalue weighted by Crippen LogP contribution is -2.33. The van der Waals surface area contributed by atoms with Gasteiger partial charge >= 0.3 is 5.97 Å². The quantitative estimate of drug-likeness (QED) is 0.796. The van der Waals surface area contributed by atoms with Crippen molar-refractivity contribution in [3.05, 3.63) is 35.4 Å². The van der Waals surface area contributed by atoms with Gasteiger partial charge < -0.3 is 5.11 Å². The van der Waals surface area contributed by atoms with E-state index in [0.29, 0.717) is 18.2 Å². The van der Waals surface area contributed by atoms with E-state index >= 15 is 0 Å². The van der Waals surface area contributed by atoms with Crippen molar-refractivity contribution in [3.63, 3.8) is 0 Å². The Morgan fingerprint density at radius 2 is 1.93 bits per heavy atom. The summed E-state index contributed by atoms with van der Waals surface area (Å²) in [6.45, 7) is -1.85. The fraction of sp³-hybridized carbons (Fsp3) is 0.222. The molecule has 0 saturated heterocycles. The Morgan fingerprint density at radius 3 is 2.33 bits per heavy atom. The van der Waals surface area contributed by atoms with E-state index in [0.717, 1.165) is 0 Å². The average molecular weight is 222 g/mol. The van der Waals surface area contributed by atoms with E-state index in [9.17, 15) is 22.4 Å². The van der Waals surface area contributed by atoms with Crippen molar-refractivity contribution in [2.45, 2.75) is 5.67 Å². The highest BCUT2D eigenvalue weighted by Gasteiger charge is 2.41. The normalized spacial score (nSPS) is 14.7. The number of halogens is 4. The van der Waals surface area contributed by atoms with Gasteiger partial charge in [0, 0.05) is 5.56 Å². The average Bonchev–Trinajstić information content (AvgIpc) is 2.20. The van der Waals surface area contributed by atoms with E-state index in [4.69, 9.17) is 5.11 Å². The van der Waals surface area contributed by atoms with Gasteiger partial charge in [-0.05, 0) is 12.1 Å². The second-order valence-corrected chi connectivity index (χ2v) is 2.87. The standard InChI is InChI=1S/C9H6F4O2/c10-4-9(13,8(14)15)5-1-2-6(11)7(12)3-5/h1-3H,4H2,(H,14,15). The van der Waals surface area contributed by atoms with Gasteiger partial charge in [-0.25, -0.2) is 22.4 Å². The maximum atomic E-state index is 13.4. The molecule has 1 rings (SSSR count). The number of alkyl halides is 2. The molecular formula is C9H6F4O2. The summed E-state index contributed by atoms with van der Waals surface area (Å²) in [6.07, 6.45) is 0. The van der Waals surface area contributed by atoms with E-state index < -0.39 is 35.5 Å². The van der Waals surface area contributed by atoms with E-state index in [1.54, 1.807) is 0 Å².